The number of methoxy groups -OCH3 is 1. The van der Waals surface area contributed by atoms with Crippen LogP contribution in [0.3, 0.4) is 0 Å². The molecular weight excluding hydrogens is 226 g/mol. The van der Waals surface area contributed by atoms with Crippen LogP contribution in [0, 0.1) is 23.0 Å². The van der Waals surface area contributed by atoms with E-state index in [4.69, 9.17) is 10.00 Å². The van der Waals surface area contributed by atoms with E-state index in [2.05, 4.69) is 5.32 Å². The van der Waals surface area contributed by atoms with E-state index in [1.54, 1.807) is 19.9 Å². The molecule has 0 aliphatic carbocycles. The summed E-state index contributed by atoms with van der Waals surface area (Å²) >= 11 is 0. The van der Waals surface area contributed by atoms with Gasteiger partial charge in [-0.25, -0.2) is 8.78 Å². The van der Waals surface area contributed by atoms with Gasteiger partial charge in [-0.2, -0.15) is 5.26 Å². The number of halogens is 2. The predicted molar refractivity (Wildman–Crippen MR) is 60.7 cm³/mol. The van der Waals surface area contributed by atoms with Crippen molar-refractivity contribution in [2.75, 3.05) is 19.0 Å². The molecule has 1 N–H and O–H groups in total. The summed E-state index contributed by atoms with van der Waals surface area (Å²) in [6.45, 7) is 3.84. The lowest BCUT2D eigenvalue weighted by molar-refractivity contribution is 0.0343. The molecule has 0 fully saturated rings. The minimum Gasteiger partial charge on any atom is -0.377 e. The molecule has 0 spiro atoms. The Hall–Kier alpha value is -1.67. The highest BCUT2D eigenvalue weighted by atomic mass is 19.1. The summed E-state index contributed by atoms with van der Waals surface area (Å²) in [4.78, 5) is 0. The van der Waals surface area contributed by atoms with E-state index in [1.807, 2.05) is 0 Å². The Morgan fingerprint density at radius 2 is 1.88 bits per heavy atom. The number of ether oxygens (including phenoxy) is 1. The van der Waals surface area contributed by atoms with Crippen molar-refractivity contribution >= 4 is 5.69 Å². The molecule has 5 heteroatoms. The number of benzene rings is 1. The van der Waals surface area contributed by atoms with E-state index < -0.39 is 17.2 Å². The Bertz CT molecular complexity index is 429. The highest BCUT2D eigenvalue weighted by Gasteiger charge is 2.18. The van der Waals surface area contributed by atoms with E-state index in [0.717, 1.165) is 12.1 Å². The summed E-state index contributed by atoms with van der Waals surface area (Å²) in [7, 11) is 1.52. The van der Waals surface area contributed by atoms with Crippen molar-refractivity contribution in [1.82, 2.24) is 0 Å². The highest BCUT2D eigenvalue weighted by molar-refractivity contribution is 5.50. The molecule has 1 aromatic carbocycles. The fraction of sp³-hybridized carbons (Fsp3) is 0.417. The highest BCUT2D eigenvalue weighted by Crippen LogP contribution is 2.21. The van der Waals surface area contributed by atoms with Gasteiger partial charge in [0.1, 0.15) is 5.69 Å². The third-order valence-electron chi connectivity index (χ3n) is 2.41. The third kappa shape index (κ3) is 3.40. The lowest BCUT2D eigenvalue weighted by Gasteiger charge is -2.24. The summed E-state index contributed by atoms with van der Waals surface area (Å²) in [6.07, 6.45) is 0. The molecule has 17 heavy (non-hydrogen) atoms. The smallest absolute Gasteiger partial charge is 0.150 e. The molecular formula is C12H14F2N2O. The largest absolute Gasteiger partial charge is 0.377 e. The first-order valence-corrected chi connectivity index (χ1v) is 5.08. The zero-order chi connectivity index (χ0) is 13.1. The fourth-order valence-corrected chi connectivity index (χ4v) is 1.18. The first kappa shape index (κ1) is 13.4. The van der Waals surface area contributed by atoms with Gasteiger partial charge in [0, 0.05) is 13.7 Å². The second-order valence-electron chi connectivity index (χ2n) is 4.24. The maximum Gasteiger partial charge on any atom is 0.150 e. The first-order valence-electron chi connectivity index (χ1n) is 5.08. The molecule has 0 atom stereocenters. The maximum absolute atomic E-state index is 13.5. The second kappa shape index (κ2) is 5.11. The van der Waals surface area contributed by atoms with Crippen molar-refractivity contribution in [2.24, 2.45) is 0 Å². The van der Waals surface area contributed by atoms with Crippen LogP contribution >= 0.6 is 0 Å². The Morgan fingerprint density at radius 3 is 2.29 bits per heavy atom. The Morgan fingerprint density at radius 1 is 1.35 bits per heavy atom. The third-order valence-corrected chi connectivity index (χ3v) is 2.41. The minimum atomic E-state index is -0.784. The number of hydrogen-bond acceptors (Lipinski definition) is 3. The standard InChI is InChI=1S/C12H14F2N2O/c1-12(2,17-3)7-16-11-9(13)4-8(6-15)5-10(11)14/h4-5,16H,7H2,1-3H3. The van der Waals surface area contributed by atoms with Crippen LogP contribution in [0.1, 0.15) is 19.4 Å². The molecule has 0 amide bonds. The van der Waals surface area contributed by atoms with E-state index >= 15 is 0 Å². The minimum absolute atomic E-state index is 0.0449. The van der Waals surface area contributed by atoms with Gasteiger partial charge < -0.3 is 10.1 Å². The summed E-state index contributed by atoms with van der Waals surface area (Å²) in [6, 6.07) is 3.67. The molecule has 0 aliphatic rings. The molecule has 0 saturated carbocycles. The van der Waals surface area contributed by atoms with Crippen LogP contribution in [0.2, 0.25) is 0 Å². The molecule has 0 saturated heterocycles. The average molecular weight is 240 g/mol. The van der Waals surface area contributed by atoms with Gasteiger partial charge in [0.05, 0.1) is 17.2 Å². The van der Waals surface area contributed by atoms with Crippen LogP contribution in [0.4, 0.5) is 14.5 Å². The van der Waals surface area contributed by atoms with E-state index in [9.17, 15) is 8.78 Å². The quantitative estimate of drug-likeness (QED) is 0.880. The topological polar surface area (TPSA) is 45.0 Å². The summed E-state index contributed by atoms with van der Waals surface area (Å²) in [5.41, 5.74) is -0.821. The van der Waals surface area contributed by atoms with Crippen LogP contribution in [0.5, 0.6) is 0 Å². The number of anilines is 1. The van der Waals surface area contributed by atoms with Gasteiger partial charge in [-0.15, -0.1) is 0 Å². The van der Waals surface area contributed by atoms with Crippen molar-refractivity contribution in [3.8, 4) is 6.07 Å². The van der Waals surface area contributed by atoms with Gasteiger partial charge >= 0.3 is 0 Å². The van der Waals surface area contributed by atoms with E-state index in [-0.39, 0.29) is 17.8 Å². The predicted octanol–water partition coefficient (Wildman–Crippen LogP) is 2.67. The number of nitrogens with one attached hydrogen (secondary N) is 1. The molecule has 0 unspecified atom stereocenters. The first-order chi connectivity index (χ1) is 7.89. The number of hydrogen-bond donors (Lipinski definition) is 1. The molecule has 1 aromatic rings. The maximum atomic E-state index is 13.5. The van der Waals surface area contributed by atoms with Gasteiger partial charge in [-0.3, -0.25) is 0 Å². The van der Waals surface area contributed by atoms with Gasteiger partial charge in [-0.1, -0.05) is 0 Å². The van der Waals surface area contributed by atoms with Crippen molar-refractivity contribution < 1.29 is 13.5 Å². The molecule has 92 valence electrons. The molecule has 0 bridgehead atoms. The Labute approximate surface area is 99.0 Å². The summed E-state index contributed by atoms with van der Waals surface area (Å²) in [5, 5.41) is 11.2. The molecule has 0 aromatic heterocycles. The fourth-order valence-electron chi connectivity index (χ4n) is 1.18. The molecule has 0 radical (unpaired) electrons. The molecule has 1 rings (SSSR count). The van der Waals surface area contributed by atoms with Gasteiger partial charge in [-0.05, 0) is 26.0 Å². The Balaban J connectivity index is 2.90. The van der Waals surface area contributed by atoms with Crippen LogP contribution < -0.4 is 5.32 Å². The van der Waals surface area contributed by atoms with Crippen LogP contribution in [-0.4, -0.2) is 19.3 Å². The SMILES string of the molecule is COC(C)(C)CNc1c(F)cc(C#N)cc1F. The monoisotopic (exact) mass is 240 g/mol. The zero-order valence-corrected chi connectivity index (χ0v) is 9.97. The van der Waals surface area contributed by atoms with E-state index in [0.29, 0.717) is 0 Å². The van der Waals surface area contributed by atoms with Gasteiger partial charge in [0.25, 0.3) is 0 Å². The molecule has 3 nitrogen and oxygen atoms in total. The summed E-state index contributed by atoms with van der Waals surface area (Å²) in [5.74, 6) is -1.57. The zero-order valence-electron chi connectivity index (χ0n) is 9.97. The Kier molecular flexibility index (Phi) is 4.02. The normalized spacial score (nSPS) is 11.1. The van der Waals surface area contributed by atoms with Crippen molar-refractivity contribution in [3.63, 3.8) is 0 Å². The van der Waals surface area contributed by atoms with Gasteiger partial charge in [0.15, 0.2) is 11.6 Å². The molecule has 0 aliphatic heterocycles. The second-order valence-corrected chi connectivity index (χ2v) is 4.24. The van der Waals surface area contributed by atoms with Crippen LogP contribution in [0.15, 0.2) is 12.1 Å². The lowest BCUT2D eigenvalue weighted by Crippen LogP contribution is -2.32. The number of nitrogens with zero attached hydrogens (tertiary/aromatic N) is 1. The van der Waals surface area contributed by atoms with Crippen LogP contribution in [-0.2, 0) is 4.74 Å². The molecule has 0 heterocycles. The number of nitriles is 1. The van der Waals surface area contributed by atoms with Crippen molar-refractivity contribution in [3.05, 3.63) is 29.3 Å². The van der Waals surface area contributed by atoms with Crippen molar-refractivity contribution in [1.29, 1.82) is 5.26 Å². The van der Waals surface area contributed by atoms with Crippen molar-refractivity contribution in [2.45, 2.75) is 19.4 Å². The van der Waals surface area contributed by atoms with Gasteiger partial charge in [0.2, 0.25) is 0 Å². The number of rotatable bonds is 4. The van der Waals surface area contributed by atoms with E-state index in [1.165, 1.54) is 7.11 Å². The van der Waals surface area contributed by atoms with Crippen LogP contribution in [0.25, 0.3) is 0 Å². The summed E-state index contributed by atoms with van der Waals surface area (Å²) < 4.78 is 32.1. The average Bonchev–Trinajstić information content (AvgIpc) is 2.27. The lowest BCUT2D eigenvalue weighted by atomic mass is 10.1.